The Hall–Kier alpha value is -0.800. The van der Waals surface area contributed by atoms with Crippen molar-refractivity contribution in [3.05, 3.63) is 68.4 Å². The first-order chi connectivity index (χ1) is 8.50. The van der Waals surface area contributed by atoms with Crippen LogP contribution < -0.4 is 5.73 Å². The normalized spacial score (nSPS) is 12.5. The summed E-state index contributed by atoms with van der Waals surface area (Å²) in [5, 5.41) is 0.952. The van der Waals surface area contributed by atoms with E-state index < -0.39 is 11.9 Å². The van der Waals surface area contributed by atoms with Gasteiger partial charge in [-0.25, -0.2) is 4.39 Å². The summed E-state index contributed by atoms with van der Waals surface area (Å²) in [4.78, 5) is 0. The summed E-state index contributed by atoms with van der Waals surface area (Å²) in [6.07, 6.45) is 0. The Morgan fingerprint density at radius 3 is 2.39 bits per heavy atom. The second-order valence-electron chi connectivity index (χ2n) is 3.79. The third-order valence-electron chi connectivity index (χ3n) is 2.61. The molecule has 0 bridgehead atoms. The summed E-state index contributed by atoms with van der Waals surface area (Å²) in [5.74, 6) is -0.505. The largest absolute Gasteiger partial charge is 0.320 e. The molecular weight excluding hydrogens is 296 g/mol. The van der Waals surface area contributed by atoms with Crippen molar-refractivity contribution in [1.82, 2.24) is 0 Å². The van der Waals surface area contributed by atoms with Crippen molar-refractivity contribution >= 4 is 34.8 Å². The first-order valence-electron chi connectivity index (χ1n) is 5.15. The zero-order valence-electron chi connectivity index (χ0n) is 9.13. The maximum atomic E-state index is 13.4. The minimum absolute atomic E-state index is 0.0102. The molecule has 2 aromatic rings. The number of hydrogen-bond acceptors (Lipinski definition) is 1. The highest BCUT2D eigenvalue weighted by Crippen LogP contribution is 2.33. The van der Waals surface area contributed by atoms with E-state index in [9.17, 15) is 4.39 Å². The summed E-state index contributed by atoms with van der Waals surface area (Å²) in [7, 11) is 0. The highest BCUT2D eigenvalue weighted by molar-refractivity contribution is 6.35. The van der Waals surface area contributed by atoms with Crippen LogP contribution in [-0.2, 0) is 0 Å². The molecule has 5 heteroatoms. The van der Waals surface area contributed by atoms with Crippen LogP contribution in [0.15, 0.2) is 36.4 Å². The lowest BCUT2D eigenvalue weighted by Crippen LogP contribution is -2.13. The number of hydrogen-bond donors (Lipinski definition) is 1. The lowest BCUT2D eigenvalue weighted by molar-refractivity contribution is 0.624. The quantitative estimate of drug-likeness (QED) is 0.844. The molecule has 1 atom stereocenters. The van der Waals surface area contributed by atoms with Crippen molar-refractivity contribution in [2.45, 2.75) is 6.04 Å². The minimum atomic E-state index is -0.599. The molecule has 0 radical (unpaired) electrons. The first-order valence-corrected chi connectivity index (χ1v) is 6.28. The van der Waals surface area contributed by atoms with Crippen LogP contribution >= 0.6 is 34.8 Å². The summed E-state index contributed by atoms with van der Waals surface area (Å²) < 4.78 is 13.4. The fraction of sp³-hybridized carbons (Fsp3) is 0.0769. The van der Waals surface area contributed by atoms with Crippen LogP contribution in [0.4, 0.5) is 4.39 Å². The van der Waals surface area contributed by atoms with Gasteiger partial charge in [0.25, 0.3) is 0 Å². The molecule has 0 amide bonds. The predicted molar refractivity (Wildman–Crippen MR) is 73.9 cm³/mol. The van der Waals surface area contributed by atoms with E-state index in [1.807, 2.05) is 0 Å². The molecule has 18 heavy (non-hydrogen) atoms. The molecule has 1 unspecified atom stereocenters. The third-order valence-corrected chi connectivity index (χ3v) is 3.58. The van der Waals surface area contributed by atoms with E-state index in [0.717, 1.165) is 0 Å². The molecular formula is C13H9Cl3FN. The molecule has 1 nitrogen and oxygen atoms in total. The molecule has 0 aliphatic rings. The van der Waals surface area contributed by atoms with Crippen LogP contribution in [0, 0.1) is 5.82 Å². The molecule has 2 N–H and O–H groups in total. The van der Waals surface area contributed by atoms with E-state index in [-0.39, 0.29) is 5.02 Å². The van der Waals surface area contributed by atoms with Gasteiger partial charge in [0.1, 0.15) is 5.82 Å². The zero-order valence-corrected chi connectivity index (χ0v) is 11.4. The van der Waals surface area contributed by atoms with Crippen molar-refractivity contribution < 1.29 is 4.39 Å². The summed E-state index contributed by atoms with van der Waals surface area (Å²) >= 11 is 17.8. The summed E-state index contributed by atoms with van der Waals surface area (Å²) in [6, 6.07) is 8.87. The number of rotatable bonds is 2. The standard InChI is InChI=1S/C13H9Cl3FN/c14-7-4-5-8(10(15)6-7)13(18)9-2-1-3-11(17)12(9)16/h1-6,13H,18H2. The van der Waals surface area contributed by atoms with E-state index >= 15 is 0 Å². The van der Waals surface area contributed by atoms with Crippen molar-refractivity contribution in [2.75, 3.05) is 0 Å². The second kappa shape index (κ2) is 5.45. The van der Waals surface area contributed by atoms with Crippen LogP contribution in [0.25, 0.3) is 0 Å². The van der Waals surface area contributed by atoms with E-state index in [4.69, 9.17) is 40.5 Å². The molecule has 0 saturated heterocycles. The van der Waals surface area contributed by atoms with Gasteiger partial charge in [-0.1, -0.05) is 53.0 Å². The molecule has 2 aromatic carbocycles. The van der Waals surface area contributed by atoms with E-state index in [1.165, 1.54) is 6.07 Å². The fourth-order valence-corrected chi connectivity index (χ4v) is 2.45. The fourth-order valence-electron chi connectivity index (χ4n) is 1.68. The van der Waals surface area contributed by atoms with E-state index in [0.29, 0.717) is 21.2 Å². The highest BCUT2D eigenvalue weighted by atomic mass is 35.5. The minimum Gasteiger partial charge on any atom is -0.320 e. The van der Waals surface area contributed by atoms with Gasteiger partial charge in [-0.15, -0.1) is 0 Å². The van der Waals surface area contributed by atoms with Crippen molar-refractivity contribution in [3.8, 4) is 0 Å². The molecule has 0 heterocycles. The van der Waals surface area contributed by atoms with Gasteiger partial charge in [0, 0.05) is 10.0 Å². The number of nitrogens with two attached hydrogens (primary N) is 1. The lowest BCUT2D eigenvalue weighted by atomic mass is 9.99. The smallest absolute Gasteiger partial charge is 0.142 e. The van der Waals surface area contributed by atoms with Gasteiger partial charge in [-0.2, -0.15) is 0 Å². The van der Waals surface area contributed by atoms with Crippen molar-refractivity contribution in [3.63, 3.8) is 0 Å². The van der Waals surface area contributed by atoms with Crippen molar-refractivity contribution in [1.29, 1.82) is 0 Å². The molecule has 0 saturated carbocycles. The zero-order chi connectivity index (χ0) is 13.3. The molecule has 0 aliphatic heterocycles. The Morgan fingerprint density at radius 2 is 1.72 bits per heavy atom. The van der Waals surface area contributed by atoms with E-state index in [2.05, 4.69) is 0 Å². The van der Waals surface area contributed by atoms with Crippen LogP contribution in [0.3, 0.4) is 0 Å². The Bertz CT molecular complexity index is 586. The number of benzene rings is 2. The van der Waals surface area contributed by atoms with Gasteiger partial charge in [-0.3, -0.25) is 0 Å². The molecule has 0 spiro atoms. The lowest BCUT2D eigenvalue weighted by Gasteiger charge is -2.16. The van der Waals surface area contributed by atoms with Gasteiger partial charge in [0.05, 0.1) is 11.1 Å². The van der Waals surface area contributed by atoms with Crippen molar-refractivity contribution in [2.24, 2.45) is 5.73 Å². The summed E-state index contributed by atoms with van der Waals surface area (Å²) in [5.41, 5.74) is 7.19. The van der Waals surface area contributed by atoms with E-state index in [1.54, 1.807) is 30.3 Å². The van der Waals surface area contributed by atoms with Gasteiger partial charge in [0.15, 0.2) is 0 Å². The van der Waals surface area contributed by atoms with Crippen LogP contribution in [-0.4, -0.2) is 0 Å². The Morgan fingerprint density at radius 1 is 1.00 bits per heavy atom. The monoisotopic (exact) mass is 303 g/mol. The Balaban J connectivity index is 2.48. The molecule has 0 fully saturated rings. The molecule has 0 aliphatic carbocycles. The highest BCUT2D eigenvalue weighted by Gasteiger charge is 2.17. The third kappa shape index (κ3) is 2.62. The molecule has 2 rings (SSSR count). The average Bonchev–Trinajstić information content (AvgIpc) is 2.32. The number of halogens is 4. The van der Waals surface area contributed by atoms with Gasteiger partial charge < -0.3 is 5.73 Å². The van der Waals surface area contributed by atoms with Crippen LogP contribution in [0.1, 0.15) is 17.2 Å². The summed E-state index contributed by atoms with van der Waals surface area (Å²) in [6.45, 7) is 0. The first kappa shape index (κ1) is 13.6. The molecule has 0 aromatic heterocycles. The maximum Gasteiger partial charge on any atom is 0.142 e. The van der Waals surface area contributed by atoms with Gasteiger partial charge in [-0.05, 0) is 29.3 Å². The molecule has 94 valence electrons. The van der Waals surface area contributed by atoms with Gasteiger partial charge in [0.2, 0.25) is 0 Å². The Kier molecular flexibility index (Phi) is 4.13. The SMILES string of the molecule is NC(c1ccc(Cl)cc1Cl)c1cccc(F)c1Cl. The predicted octanol–water partition coefficient (Wildman–Crippen LogP) is 4.83. The topological polar surface area (TPSA) is 26.0 Å². The van der Waals surface area contributed by atoms with Crippen LogP contribution in [0.2, 0.25) is 15.1 Å². The average molecular weight is 305 g/mol. The van der Waals surface area contributed by atoms with Gasteiger partial charge >= 0.3 is 0 Å². The van der Waals surface area contributed by atoms with Crippen LogP contribution in [0.5, 0.6) is 0 Å². The second-order valence-corrected chi connectivity index (χ2v) is 5.01. The Labute approximate surface area is 119 Å². The maximum absolute atomic E-state index is 13.4.